The summed E-state index contributed by atoms with van der Waals surface area (Å²) in [5.41, 5.74) is 14.3. The molecule has 0 aromatic heterocycles. The van der Waals surface area contributed by atoms with Crippen LogP contribution in [0.3, 0.4) is 0 Å². The van der Waals surface area contributed by atoms with Crippen molar-refractivity contribution in [3.05, 3.63) is 92.8 Å². The minimum Gasteiger partial charge on any atom is -0.493 e. The third-order valence-electron chi connectivity index (χ3n) is 17.7. The van der Waals surface area contributed by atoms with Crippen LogP contribution in [0.5, 0.6) is 46.0 Å². The van der Waals surface area contributed by atoms with Crippen LogP contribution in [0.2, 0.25) is 0 Å². The van der Waals surface area contributed by atoms with E-state index < -0.39 is 531 Å². The summed E-state index contributed by atoms with van der Waals surface area (Å²) in [6.45, 7) is -65.1. The van der Waals surface area contributed by atoms with E-state index in [0.717, 1.165) is 42.7 Å². The zero-order valence-corrected chi connectivity index (χ0v) is 65.6. The Morgan fingerprint density at radius 3 is 0.750 bits per heavy atom. The van der Waals surface area contributed by atoms with Crippen LogP contribution in [0.15, 0.2) is 48.3 Å². The monoisotopic (exact) mass is 1770 g/mol. The number of methoxy groups -OCH3 is 8. The van der Waals surface area contributed by atoms with E-state index in [0.29, 0.717) is 37.5 Å². The lowest BCUT2D eigenvalue weighted by Gasteiger charge is -2.47. The average molecular weight is 1770 g/mol. The molecule has 0 aliphatic carbocycles. The predicted molar refractivity (Wildman–Crippen MR) is 471 cm³/mol. The number of rotatable bonds is 28. The number of nitrogens with zero attached hydrogens (tertiary/aromatic N) is 4. The minimum absolute atomic E-state index is 0.193. The Bertz CT molecular complexity index is 7990. The van der Waals surface area contributed by atoms with Crippen molar-refractivity contribution >= 4 is 23.9 Å². The molecule has 0 amide bonds. The van der Waals surface area contributed by atoms with Crippen molar-refractivity contribution < 1.29 is 205 Å². The summed E-state index contributed by atoms with van der Waals surface area (Å²) in [5, 5.41) is 0. The third-order valence-corrected chi connectivity index (χ3v) is 17.7. The van der Waals surface area contributed by atoms with Gasteiger partial charge in [-0.2, -0.15) is 0 Å². The summed E-state index contributed by atoms with van der Waals surface area (Å²) in [6.07, 6.45) is -49.8. The zero-order valence-electron chi connectivity index (χ0n) is 160. The highest BCUT2D eigenvalue weighted by atomic mass is 16.6. The first-order valence-electron chi connectivity index (χ1n) is 81.9. The third kappa shape index (κ3) is 23.8. The summed E-state index contributed by atoms with van der Waals surface area (Å²) < 4.78 is 846. The van der Waals surface area contributed by atoms with Crippen LogP contribution in [-0.2, 0) is 63.6 Å². The molecule has 16 unspecified atom stereocenters. The molecule has 0 radical (unpaired) electrons. The van der Waals surface area contributed by atoms with Gasteiger partial charge in [0.15, 0.2) is 46.0 Å². The molecule has 8 aliphatic rings. The van der Waals surface area contributed by atoms with Crippen LogP contribution in [0.4, 0.5) is 0 Å². The number of hydrogen-bond acceptors (Lipinski definition) is 24. The van der Waals surface area contributed by atoms with E-state index >= 15 is 0 Å². The number of carbonyl (C=O) groups excluding carboxylic acids is 4. The van der Waals surface area contributed by atoms with Crippen molar-refractivity contribution in [3.63, 3.8) is 0 Å². The number of carbonyl (C=O) groups is 4. The maximum atomic E-state index is 13.8. The largest absolute Gasteiger partial charge is 0.493 e. The Labute approximate surface area is 850 Å². The number of hydrogen-bond donors (Lipinski definition) is 4. The number of benzene rings is 4. The van der Waals surface area contributed by atoms with Gasteiger partial charge in [-0.1, -0.05) is 110 Å². The van der Waals surface area contributed by atoms with Crippen LogP contribution in [0, 0.1) is 70.8 Å². The van der Waals surface area contributed by atoms with Gasteiger partial charge in [0.1, 0.15) is 48.4 Å². The first kappa shape index (κ1) is 30.6. The molecule has 120 heavy (non-hydrogen) atoms. The second-order valence-corrected chi connectivity index (χ2v) is 25.8. The molecule has 24 nitrogen and oxygen atoms in total. The van der Waals surface area contributed by atoms with Gasteiger partial charge in [-0.05, 0) is 191 Å². The van der Waals surface area contributed by atoms with E-state index in [4.69, 9.17) is 198 Å². The highest BCUT2D eigenvalue weighted by molar-refractivity contribution is 5.77. The second-order valence-electron chi connectivity index (χ2n) is 25.8. The van der Waals surface area contributed by atoms with Gasteiger partial charge in [0.05, 0.1) is 92.4 Å². The van der Waals surface area contributed by atoms with Crippen LogP contribution < -0.4 is 60.8 Å². The Morgan fingerprint density at radius 1 is 0.367 bits per heavy atom. The highest BCUT2D eigenvalue weighted by Crippen LogP contribution is 2.50. The van der Waals surface area contributed by atoms with E-state index in [9.17, 15) is 30.1 Å². The zero-order chi connectivity index (χ0) is 170. The number of piperidine rings is 4. The molecule has 8 N–H and O–H groups in total. The molecule has 0 saturated carbocycles. The Kier molecular flexibility index (Phi) is 11.2. The van der Waals surface area contributed by atoms with Gasteiger partial charge in [0.25, 0.3) is 0 Å². The fourth-order valence-corrected chi connectivity index (χ4v) is 12.1. The molecule has 4 aromatic carbocycles. The molecule has 8 aliphatic heterocycles. The molecule has 4 saturated heterocycles. The van der Waals surface area contributed by atoms with Gasteiger partial charge in [-0.15, -0.1) is 0 Å². The molecular formula is C96H152N8O16. The first-order valence-corrected chi connectivity index (χ1v) is 34.9. The lowest BCUT2D eigenvalue weighted by Crippen LogP contribution is -2.51. The average Bonchev–Trinajstić information content (AvgIpc) is 0.668. The number of ether oxygens (including phenoxy) is 12. The minimum atomic E-state index is -4.26. The summed E-state index contributed by atoms with van der Waals surface area (Å²) in [7, 11) is -0.999. The van der Waals surface area contributed by atoms with Crippen molar-refractivity contribution in [2.45, 2.75) is 259 Å². The summed E-state index contributed by atoms with van der Waals surface area (Å²) in [4.78, 5) is 56.2. The smallest absolute Gasteiger partial charge is 0.323 e. The highest BCUT2D eigenvalue weighted by Gasteiger charge is 2.47. The predicted octanol–water partition coefficient (Wildman–Crippen LogP) is 14.3. The normalized spacial score (nSPS) is 50.0. The lowest BCUT2D eigenvalue weighted by molar-refractivity contribution is -0.161. The van der Waals surface area contributed by atoms with Gasteiger partial charge in [-0.3, -0.25) is 38.8 Å². The molecule has 672 valence electrons. The SMILES string of the molecule is [2H]c1c(OC)c(OC([2H])([2H])[2H])c([2H])c2c1C1([2H])CC([2H])(OC(=O)[C@@]([2H])(N)C([2H])(C([2H])([2H])[2H])C([2H])([2H])[2H])C(C([2H])([2H])C([2H])(C)C([2H])([2H])[2H])CN1C([2H])([2H])C2([2H])[2H].[2H]c1c(OC)c(OC([2H])([2H])[2H])c([2H])c2c1C1([2H])CC([2H])(OC(=O)[C@@]([2H])(N)C([2H])(C([2H])([2H])[2H])C([2H])([2H])[2H])C(C([2H])([2H])C([2H])(C)C([2H])([2H])[2H])CN1C([2H])([2H])C2([2H])[2H].[2H]c1c(OC)c(OC)c([2H])c2c1C1([2H])CC([2H])(OC(=O)[C@@]([2H])(N)C([2H])(C([2H])([2H])[2H])C([2H])([2H])[2H])C(C([2H])([2H])C([2H])(C)C([2H])([2H])[2H])CN1C([2H])([2H])C2([2H])[2H].[2H]c1c(OC)c(OC)c([2H])c2c1C1([2H])CC([2H])(OC(=O)[C@@]([2H])(N)C([2H])(C([2H])([2H])[2H])C([2H])([2H])[2H])C(C([2H])([2H])C([2H])(C)C([2H])([2H])[2H])CN1C([2H])([2H])C2([2H])[2H]. The molecule has 20 atom stereocenters. The topological polar surface area (TPSA) is 296 Å². The van der Waals surface area contributed by atoms with Gasteiger partial charge < -0.3 is 79.8 Å². The fourth-order valence-electron chi connectivity index (χ4n) is 12.1. The molecule has 4 aromatic rings. The molecule has 0 bridgehead atoms. The van der Waals surface area contributed by atoms with Crippen LogP contribution >= 0.6 is 0 Å². The molecule has 8 heterocycles. The van der Waals surface area contributed by atoms with Gasteiger partial charge >= 0.3 is 23.9 Å². The summed E-state index contributed by atoms with van der Waals surface area (Å²) in [5.74, 6) is -57.3. The maximum Gasteiger partial charge on any atom is 0.323 e. The van der Waals surface area contributed by atoms with E-state index in [1.165, 1.54) is 0 Å². The maximum absolute atomic E-state index is 13.8. The van der Waals surface area contributed by atoms with E-state index in [2.05, 4.69) is 0 Å². The quantitative estimate of drug-likeness (QED) is 0.0303. The van der Waals surface area contributed by atoms with Crippen LogP contribution in [0.1, 0.15) is 359 Å². The van der Waals surface area contributed by atoms with Crippen LogP contribution in [0.25, 0.3) is 0 Å². The number of esters is 4. The van der Waals surface area contributed by atoms with Gasteiger partial charge in [-0.25, -0.2) is 0 Å². The molecule has 24 heteroatoms. The lowest BCUT2D eigenvalue weighted by atomic mass is 9.79. The van der Waals surface area contributed by atoms with Crippen LogP contribution in [-0.4, -0.2) is 201 Å². The van der Waals surface area contributed by atoms with Crippen molar-refractivity contribution in [1.29, 1.82) is 0 Å². The Morgan fingerprint density at radius 2 is 0.567 bits per heavy atom. The van der Waals surface area contributed by atoms with E-state index in [1.807, 2.05) is 0 Å². The molecule has 0 spiro atoms. The Hall–Kier alpha value is -7.16. The summed E-state index contributed by atoms with van der Waals surface area (Å²) in [6, 6.07) is -37.9. The Balaban J connectivity index is 0.000000307. The molecule has 12 rings (SSSR count). The number of nitrogens with two attached hydrogens (primary N) is 4. The number of fused-ring (bicyclic) bond motifs is 12. The van der Waals surface area contributed by atoms with Gasteiger partial charge in [0, 0.05) is 219 Å². The standard InChI is InChI=1S/4C24H38N2O4/c4*1-14(2)9-17-13-26-8-7-16-10-21(28-5)22(29-6)11-18(16)19(26)12-20(17)30-24(27)23(25)15(3)4/h4*10-11,14-15,17,19-20,23H,7-9,12-13,25H2,1-6H3/t4*17?,19?,20?,23-/m0000/s1/i2*1D3,3D3,4D3,5D3,7D2,8D2,9D2,10D,11D,14D,15D,19D,20D,23D;2*1D3,3D3,4D3,7D2,8D2,9D2,10D,11D,14D,15D,19D,20D,23D/t4*14?,17?,19?,20?,23-. The van der Waals surface area contributed by atoms with Crippen molar-refractivity contribution in [2.75, 3.05) is 109 Å². The summed E-state index contributed by atoms with van der Waals surface area (Å²) >= 11 is 0. The van der Waals surface area contributed by atoms with Gasteiger partial charge in [0.2, 0.25) is 0 Å². The molecular weight excluding hydrogens is 1520 g/mol. The van der Waals surface area contributed by atoms with Crippen molar-refractivity contribution in [1.82, 2.24) is 19.6 Å². The second kappa shape index (κ2) is 43.9. The fraction of sp³-hybridized carbons (Fsp3) is 0.708. The van der Waals surface area contributed by atoms with Crippen molar-refractivity contribution in [2.24, 2.45) is 93.8 Å². The van der Waals surface area contributed by atoms with Crippen molar-refractivity contribution in [3.8, 4) is 46.0 Å². The van der Waals surface area contributed by atoms with E-state index in [-0.39, 0.29) is 9.80 Å². The van der Waals surface area contributed by atoms with E-state index in [1.54, 1.807) is 0 Å². The first-order chi connectivity index (χ1) is 93.4. The molecule has 4 fully saturated rings.